The largest absolute Gasteiger partial charge is 0.493 e. The summed E-state index contributed by atoms with van der Waals surface area (Å²) >= 11 is 0. The van der Waals surface area contributed by atoms with Gasteiger partial charge in [-0.25, -0.2) is 0 Å². The second kappa shape index (κ2) is 6.10. The topological polar surface area (TPSA) is 29.5 Å². The number of fused-ring (bicyclic) bond motifs is 1. The first kappa shape index (κ1) is 13.2. The number of aryl methyl sites for hydroxylation is 1. The van der Waals surface area contributed by atoms with Crippen molar-refractivity contribution >= 4 is 0 Å². The van der Waals surface area contributed by atoms with Gasteiger partial charge in [-0.3, -0.25) is 0 Å². The van der Waals surface area contributed by atoms with Gasteiger partial charge in [0.05, 0.1) is 12.7 Å². The van der Waals surface area contributed by atoms with Gasteiger partial charge in [0.2, 0.25) is 0 Å². The quantitative estimate of drug-likeness (QED) is 0.922. The van der Waals surface area contributed by atoms with E-state index in [1.807, 2.05) is 36.4 Å². The Hall–Kier alpha value is -1.80. The van der Waals surface area contributed by atoms with E-state index in [9.17, 15) is 5.11 Å². The van der Waals surface area contributed by atoms with Gasteiger partial charge in [-0.2, -0.15) is 0 Å². The molecule has 20 heavy (non-hydrogen) atoms. The van der Waals surface area contributed by atoms with Crippen LogP contribution in [0.2, 0.25) is 0 Å². The number of aliphatic hydroxyl groups is 1. The summed E-state index contributed by atoms with van der Waals surface area (Å²) in [6, 6.07) is 18.4. The Kier molecular flexibility index (Phi) is 4.03. The maximum absolute atomic E-state index is 10.4. The van der Waals surface area contributed by atoms with Crippen LogP contribution in [0.15, 0.2) is 54.6 Å². The highest BCUT2D eigenvalue weighted by molar-refractivity contribution is 5.35. The van der Waals surface area contributed by atoms with Crippen molar-refractivity contribution in [2.24, 2.45) is 5.92 Å². The van der Waals surface area contributed by atoms with Crippen molar-refractivity contribution in [3.05, 3.63) is 65.7 Å². The molecule has 1 heterocycles. The third-order valence-corrected chi connectivity index (χ3v) is 4.02. The fourth-order valence-electron chi connectivity index (χ4n) is 2.79. The summed E-state index contributed by atoms with van der Waals surface area (Å²) in [7, 11) is 0. The summed E-state index contributed by atoms with van der Waals surface area (Å²) < 4.78 is 5.75. The van der Waals surface area contributed by atoms with E-state index in [4.69, 9.17) is 4.74 Å². The van der Waals surface area contributed by atoms with E-state index in [1.165, 1.54) is 11.1 Å². The molecular weight excluding hydrogens is 248 g/mol. The maximum Gasteiger partial charge on any atom is 0.122 e. The first-order valence-electron chi connectivity index (χ1n) is 7.25. The molecule has 0 aliphatic carbocycles. The molecule has 2 aromatic rings. The van der Waals surface area contributed by atoms with E-state index >= 15 is 0 Å². The molecule has 0 radical (unpaired) electrons. The van der Waals surface area contributed by atoms with Crippen LogP contribution in [0.3, 0.4) is 0 Å². The zero-order chi connectivity index (χ0) is 13.8. The Morgan fingerprint density at radius 1 is 1.05 bits per heavy atom. The van der Waals surface area contributed by atoms with Gasteiger partial charge in [0.15, 0.2) is 0 Å². The minimum Gasteiger partial charge on any atom is -0.493 e. The smallest absolute Gasteiger partial charge is 0.122 e. The average Bonchev–Trinajstić information content (AvgIpc) is 2.53. The van der Waals surface area contributed by atoms with Crippen molar-refractivity contribution in [1.29, 1.82) is 0 Å². The molecule has 1 N–H and O–H groups in total. The van der Waals surface area contributed by atoms with E-state index in [-0.39, 0.29) is 12.0 Å². The lowest BCUT2D eigenvalue weighted by Gasteiger charge is -2.28. The maximum atomic E-state index is 10.4. The lowest BCUT2D eigenvalue weighted by Crippen LogP contribution is -2.31. The Labute approximate surface area is 120 Å². The third kappa shape index (κ3) is 3.02. The second-order valence-corrected chi connectivity index (χ2v) is 5.47. The van der Waals surface area contributed by atoms with Crippen molar-refractivity contribution in [3.8, 4) is 5.75 Å². The highest BCUT2D eigenvalue weighted by Crippen LogP contribution is 2.29. The number of aliphatic hydroxyl groups excluding tert-OH is 1. The Morgan fingerprint density at radius 3 is 2.65 bits per heavy atom. The van der Waals surface area contributed by atoms with Gasteiger partial charge >= 0.3 is 0 Å². The predicted octanol–water partition coefficient (Wildman–Crippen LogP) is 3.23. The summed E-state index contributed by atoms with van der Waals surface area (Å²) in [5.74, 6) is 1.17. The van der Waals surface area contributed by atoms with Crippen LogP contribution in [0.5, 0.6) is 5.75 Å². The minimum atomic E-state index is -0.302. The number of rotatable bonds is 4. The molecular formula is C18H20O2. The highest BCUT2D eigenvalue weighted by Gasteiger charge is 2.25. The molecule has 3 rings (SSSR count). The van der Waals surface area contributed by atoms with Gasteiger partial charge in [-0.15, -0.1) is 0 Å². The fraction of sp³-hybridized carbons (Fsp3) is 0.333. The molecule has 0 saturated carbocycles. The van der Waals surface area contributed by atoms with E-state index in [1.54, 1.807) is 0 Å². The highest BCUT2D eigenvalue weighted by atomic mass is 16.5. The number of ether oxygens (including phenoxy) is 1. The summed E-state index contributed by atoms with van der Waals surface area (Å²) in [6.07, 6.45) is 2.32. The number of hydrogen-bond donors (Lipinski definition) is 1. The summed E-state index contributed by atoms with van der Waals surface area (Å²) in [5.41, 5.74) is 2.49. The Bertz CT molecular complexity index is 550. The van der Waals surface area contributed by atoms with Gasteiger partial charge in [0.1, 0.15) is 5.75 Å². The summed E-state index contributed by atoms with van der Waals surface area (Å²) in [6.45, 7) is 0.618. The molecule has 2 atom stereocenters. The standard InChI is InChI=1S/C18H20O2/c19-17(11-10-14-6-2-1-3-7-14)16-12-15-8-4-5-9-18(15)20-13-16/h1-9,16-17,19H,10-13H2. The molecule has 2 heteroatoms. The van der Waals surface area contributed by atoms with Gasteiger partial charge in [0, 0.05) is 5.92 Å². The van der Waals surface area contributed by atoms with Crippen LogP contribution < -0.4 is 4.74 Å². The summed E-state index contributed by atoms with van der Waals surface area (Å²) in [4.78, 5) is 0. The SMILES string of the molecule is OC(CCc1ccccc1)C1COc2ccccc2C1. The van der Waals surface area contributed by atoms with Crippen LogP contribution in [0.25, 0.3) is 0 Å². The molecule has 2 aromatic carbocycles. The van der Waals surface area contributed by atoms with Crippen LogP contribution >= 0.6 is 0 Å². The van der Waals surface area contributed by atoms with Crippen molar-refractivity contribution in [2.45, 2.75) is 25.4 Å². The molecule has 0 spiro atoms. The molecule has 104 valence electrons. The summed E-state index contributed by atoms with van der Waals surface area (Å²) in [5, 5.41) is 10.4. The Morgan fingerprint density at radius 2 is 1.80 bits per heavy atom. The monoisotopic (exact) mass is 268 g/mol. The normalized spacial score (nSPS) is 18.9. The number of benzene rings is 2. The van der Waals surface area contributed by atoms with Crippen LogP contribution in [0.4, 0.5) is 0 Å². The minimum absolute atomic E-state index is 0.202. The lowest BCUT2D eigenvalue weighted by molar-refractivity contribution is 0.0590. The number of hydrogen-bond acceptors (Lipinski definition) is 2. The van der Waals surface area contributed by atoms with E-state index in [0.717, 1.165) is 25.0 Å². The third-order valence-electron chi connectivity index (χ3n) is 4.02. The fourth-order valence-corrected chi connectivity index (χ4v) is 2.79. The van der Waals surface area contributed by atoms with Crippen LogP contribution in [0, 0.1) is 5.92 Å². The van der Waals surface area contributed by atoms with Gasteiger partial charge < -0.3 is 9.84 Å². The first-order valence-corrected chi connectivity index (χ1v) is 7.25. The zero-order valence-corrected chi connectivity index (χ0v) is 11.5. The molecule has 0 bridgehead atoms. The molecule has 0 fully saturated rings. The van der Waals surface area contributed by atoms with Crippen LogP contribution in [-0.4, -0.2) is 17.8 Å². The second-order valence-electron chi connectivity index (χ2n) is 5.47. The number of para-hydroxylation sites is 1. The van der Waals surface area contributed by atoms with Gasteiger partial charge in [-0.05, 0) is 36.5 Å². The predicted molar refractivity (Wildman–Crippen MR) is 79.9 cm³/mol. The molecule has 1 aliphatic rings. The average molecular weight is 268 g/mol. The van der Waals surface area contributed by atoms with Crippen molar-refractivity contribution in [1.82, 2.24) is 0 Å². The van der Waals surface area contributed by atoms with E-state index in [2.05, 4.69) is 18.2 Å². The van der Waals surface area contributed by atoms with Gasteiger partial charge in [-0.1, -0.05) is 48.5 Å². The molecule has 2 nitrogen and oxygen atoms in total. The Balaban J connectivity index is 1.58. The van der Waals surface area contributed by atoms with Crippen molar-refractivity contribution in [3.63, 3.8) is 0 Å². The molecule has 2 unspecified atom stereocenters. The first-order chi connectivity index (χ1) is 9.83. The molecule has 0 amide bonds. The molecule has 0 saturated heterocycles. The zero-order valence-electron chi connectivity index (χ0n) is 11.5. The van der Waals surface area contributed by atoms with Crippen LogP contribution in [-0.2, 0) is 12.8 Å². The van der Waals surface area contributed by atoms with Gasteiger partial charge in [0.25, 0.3) is 0 Å². The lowest BCUT2D eigenvalue weighted by atomic mass is 9.89. The van der Waals surface area contributed by atoms with Crippen molar-refractivity contribution < 1.29 is 9.84 Å². The van der Waals surface area contributed by atoms with Crippen molar-refractivity contribution in [2.75, 3.05) is 6.61 Å². The van der Waals surface area contributed by atoms with E-state index in [0.29, 0.717) is 6.61 Å². The van der Waals surface area contributed by atoms with E-state index < -0.39 is 0 Å². The van der Waals surface area contributed by atoms with Crippen LogP contribution in [0.1, 0.15) is 17.5 Å². The molecule has 1 aliphatic heterocycles. The molecule has 0 aromatic heterocycles.